The van der Waals surface area contributed by atoms with Crippen LogP contribution in [0.3, 0.4) is 0 Å². The first-order valence-corrected chi connectivity index (χ1v) is 7.06. The summed E-state index contributed by atoms with van der Waals surface area (Å²) in [5, 5.41) is 15.5. The zero-order valence-electron chi connectivity index (χ0n) is 12.7. The second-order valence-corrected chi connectivity index (χ2v) is 5.09. The van der Waals surface area contributed by atoms with E-state index in [0.717, 1.165) is 11.2 Å². The summed E-state index contributed by atoms with van der Waals surface area (Å²) in [6.07, 6.45) is 4.47. The highest BCUT2D eigenvalue weighted by Crippen LogP contribution is 2.25. The van der Waals surface area contributed by atoms with Gasteiger partial charge in [0.15, 0.2) is 0 Å². The molecule has 1 amide bonds. The molecule has 0 atom stereocenters. The maximum atomic E-state index is 11.9. The van der Waals surface area contributed by atoms with Crippen molar-refractivity contribution in [3.63, 3.8) is 0 Å². The number of pyridine rings is 1. The van der Waals surface area contributed by atoms with Crippen LogP contribution in [0.1, 0.15) is 21.6 Å². The van der Waals surface area contributed by atoms with E-state index in [-0.39, 0.29) is 11.6 Å². The summed E-state index contributed by atoms with van der Waals surface area (Å²) >= 11 is 0. The van der Waals surface area contributed by atoms with Crippen LogP contribution in [0.5, 0.6) is 0 Å². The van der Waals surface area contributed by atoms with Crippen LogP contribution >= 0.6 is 0 Å². The van der Waals surface area contributed by atoms with Crippen molar-refractivity contribution in [3.05, 3.63) is 69.7 Å². The predicted octanol–water partition coefficient (Wildman–Crippen LogP) is 2.54. The van der Waals surface area contributed by atoms with Crippen molar-refractivity contribution < 1.29 is 9.72 Å². The van der Waals surface area contributed by atoms with Gasteiger partial charge in [-0.3, -0.25) is 19.9 Å². The lowest BCUT2D eigenvalue weighted by Gasteiger charge is -1.98. The van der Waals surface area contributed by atoms with Crippen LogP contribution in [0.15, 0.2) is 47.8 Å². The first kappa shape index (κ1) is 15.3. The van der Waals surface area contributed by atoms with E-state index in [0.29, 0.717) is 16.5 Å². The molecule has 0 aliphatic heterocycles. The molecule has 0 bridgehead atoms. The third kappa shape index (κ3) is 2.98. The minimum absolute atomic E-state index is 0.00412. The number of amides is 1. The van der Waals surface area contributed by atoms with E-state index < -0.39 is 4.92 Å². The topological polar surface area (TPSA) is 113 Å². The summed E-state index contributed by atoms with van der Waals surface area (Å²) in [5.41, 5.74) is 5.03. The number of nitro groups is 1. The van der Waals surface area contributed by atoms with Crippen LogP contribution in [0, 0.1) is 17.0 Å². The monoisotopic (exact) mass is 323 g/mol. The van der Waals surface area contributed by atoms with Crippen LogP contribution in [0.4, 0.5) is 5.69 Å². The predicted molar refractivity (Wildman–Crippen MR) is 89.0 cm³/mol. The van der Waals surface area contributed by atoms with Crippen molar-refractivity contribution >= 4 is 28.7 Å². The lowest BCUT2D eigenvalue weighted by atomic mass is 10.1. The Balaban J connectivity index is 1.86. The number of non-ortho nitro benzene ring substituents is 1. The van der Waals surface area contributed by atoms with Gasteiger partial charge < -0.3 is 4.98 Å². The fraction of sp³-hybridized carbons (Fsp3) is 0.0625. The van der Waals surface area contributed by atoms with E-state index >= 15 is 0 Å². The minimum Gasteiger partial charge on any atom is -0.358 e. The van der Waals surface area contributed by atoms with Crippen LogP contribution in [-0.2, 0) is 0 Å². The second-order valence-electron chi connectivity index (χ2n) is 5.09. The highest BCUT2D eigenvalue weighted by Gasteiger charge is 2.12. The van der Waals surface area contributed by atoms with E-state index in [9.17, 15) is 14.9 Å². The summed E-state index contributed by atoms with van der Waals surface area (Å²) in [5.74, 6) is -0.386. The van der Waals surface area contributed by atoms with E-state index in [1.54, 1.807) is 24.4 Å². The summed E-state index contributed by atoms with van der Waals surface area (Å²) in [6.45, 7) is 1.83. The number of rotatable bonds is 4. The second kappa shape index (κ2) is 6.29. The fourth-order valence-corrected chi connectivity index (χ4v) is 2.33. The van der Waals surface area contributed by atoms with Crippen molar-refractivity contribution in [2.45, 2.75) is 6.92 Å². The van der Waals surface area contributed by atoms with E-state index in [1.165, 1.54) is 24.5 Å². The average Bonchev–Trinajstić information content (AvgIpc) is 2.90. The average molecular weight is 323 g/mol. The molecule has 0 unspecified atom stereocenters. The normalized spacial score (nSPS) is 11.0. The molecule has 3 aromatic rings. The third-order valence-corrected chi connectivity index (χ3v) is 3.51. The Hall–Kier alpha value is -3.55. The molecule has 2 heterocycles. The quantitative estimate of drug-likeness (QED) is 0.436. The first-order chi connectivity index (χ1) is 11.6. The minimum atomic E-state index is -0.452. The van der Waals surface area contributed by atoms with E-state index in [2.05, 4.69) is 20.5 Å². The maximum Gasteiger partial charge on any atom is 0.272 e. The number of nitrogens with one attached hydrogen (secondary N) is 2. The standard InChI is InChI=1S/C16H13N5O3/c1-10-14(9-18-20-16(22)11-3-2-6-17-8-11)13-7-12(21(23)24)4-5-15(13)19-10/h2-9,19H,1H3,(H,20,22). The van der Waals surface area contributed by atoms with Crippen molar-refractivity contribution in [1.29, 1.82) is 0 Å². The molecule has 2 N–H and O–H groups in total. The molecule has 0 saturated carbocycles. The number of benzene rings is 1. The summed E-state index contributed by atoms with van der Waals surface area (Å²) in [6, 6.07) is 7.83. The van der Waals surface area contributed by atoms with Crippen LogP contribution in [-0.4, -0.2) is 27.0 Å². The summed E-state index contributed by atoms with van der Waals surface area (Å²) in [7, 11) is 0. The number of hydrazone groups is 1. The molecule has 0 aliphatic carbocycles. The number of H-pyrrole nitrogens is 1. The number of nitro benzene ring substituents is 1. The van der Waals surface area contributed by atoms with Gasteiger partial charge in [0.1, 0.15) is 0 Å². The molecule has 120 valence electrons. The van der Waals surface area contributed by atoms with Crippen LogP contribution in [0.2, 0.25) is 0 Å². The molecular weight excluding hydrogens is 310 g/mol. The van der Waals surface area contributed by atoms with Crippen LogP contribution < -0.4 is 5.43 Å². The lowest BCUT2D eigenvalue weighted by molar-refractivity contribution is -0.384. The molecule has 8 heteroatoms. The van der Waals surface area contributed by atoms with Crippen molar-refractivity contribution in [2.75, 3.05) is 0 Å². The van der Waals surface area contributed by atoms with E-state index in [4.69, 9.17) is 0 Å². The molecule has 0 spiro atoms. The highest BCUT2D eigenvalue weighted by molar-refractivity contribution is 6.02. The molecule has 24 heavy (non-hydrogen) atoms. The summed E-state index contributed by atoms with van der Waals surface area (Å²) in [4.78, 5) is 29.4. The fourth-order valence-electron chi connectivity index (χ4n) is 2.33. The molecule has 0 radical (unpaired) electrons. The molecule has 2 aromatic heterocycles. The zero-order valence-corrected chi connectivity index (χ0v) is 12.7. The Morgan fingerprint density at radius 2 is 2.25 bits per heavy atom. The Morgan fingerprint density at radius 1 is 1.42 bits per heavy atom. The van der Waals surface area contributed by atoms with Gasteiger partial charge in [0.25, 0.3) is 11.6 Å². The van der Waals surface area contributed by atoms with Gasteiger partial charge in [0.2, 0.25) is 0 Å². The first-order valence-electron chi connectivity index (χ1n) is 7.06. The number of aryl methyl sites for hydroxylation is 1. The van der Waals surface area contributed by atoms with Gasteiger partial charge in [0, 0.05) is 46.7 Å². The number of carbonyl (C=O) groups is 1. The maximum absolute atomic E-state index is 11.9. The van der Waals surface area contributed by atoms with Gasteiger partial charge in [-0.1, -0.05) is 0 Å². The third-order valence-electron chi connectivity index (χ3n) is 3.51. The summed E-state index contributed by atoms with van der Waals surface area (Å²) < 4.78 is 0. The zero-order chi connectivity index (χ0) is 17.1. The van der Waals surface area contributed by atoms with Crippen molar-refractivity contribution in [3.8, 4) is 0 Å². The largest absolute Gasteiger partial charge is 0.358 e. The molecule has 0 saturated heterocycles. The van der Waals surface area contributed by atoms with Gasteiger partial charge in [0.05, 0.1) is 16.7 Å². The number of nitrogens with zero attached hydrogens (tertiary/aromatic N) is 3. The molecule has 3 rings (SSSR count). The van der Waals surface area contributed by atoms with Crippen molar-refractivity contribution in [2.24, 2.45) is 5.10 Å². The number of fused-ring (bicyclic) bond motifs is 1. The van der Waals surface area contributed by atoms with E-state index in [1.807, 2.05) is 6.92 Å². The number of carbonyl (C=O) groups excluding carboxylic acids is 1. The Labute approximate surface area is 136 Å². The number of aromatic nitrogens is 2. The lowest BCUT2D eigenvalue weighted by Crippen LogP contribution is -2.17. The van der Waals surface area contributed by atoms with Gasteiger partial charge in [-0.15, -0.1) is 0 Å². The Kier molecular flexibility index (Phi) is 4.02. The van der Waals surface area contributed by atoms with Gasteiger partial charge in [-0.25, -0.2) is 5.43 Å². The Morgan fingerprint density at radius 3 is 2.96 bits per heavy atom. The highest BCUT2D eigenvalue weighted by atomic mass is 16.6. The molecule has 1 aromatic carbocycles. The SMILES string of the molecule is Cc1[nH]c2ccc([N+](=O)[O-])cc2c1C=NNC(=O)c1cccnc1. The van der Waals surface area contributed by atoms with Gasteiger partial charge in [-0.05, 0) is 25.1 Å². The molecule has 0 fully saturated rings. The molecular formula is C16H13N5O3. The molecule has 0 aliphatic rings. The Bertz CT molecular complexity index is 947. The molecule has 8 nitrogen and oxygen atoms in total. The van der Waals surface area contributed by atoms with Crippen molar-refractivity contribution in [1.82, 2.24) is 15.4 Å². The van der Waals surface area contributed by atoms with Gasteiger partial charge >= 0.3 is 0 Å². The number of aromatic amines is 1. The number of hydrogen-bond donors (Lipinski definition) is 2. The number of hydrogen-bond acceptors (Lipinski definition) is 5. The van der Waals surface area contributed by atoms with Gasteiger partial charge in [-0.2, -0.15) is 5.10 Å². The smallest absolute Gasteiger partial charge is 0.272 e. The van der Waals surface area contributed by atoms with Crippen LogP contribution in [0.25, 0.3) is 10.9 Å².